The van der Waals surface area contributed by atoms with E-state index >= 15 is 0 Å². The molecule has 0 atom stereocenters. The Morgan fingerprint density at radius 2 is 1.94 bits per heavy atom. The molecule has 0 saturated heterocycles. The van der Waals surface area contributed by atoms with Crippen molar-refractivity contribution in [1.29, 1.82) is 0 Å². The van der Waals surface area contributed by atoms with Crippen LogP contribution in [-0.4, -0.2) is 15.0 Å². The number of hydrogen-bond donors (Lipinski definition) is 1. The van der Waals surface area contributed by atoms with E-state index in [-0.39, 0.29) is 0 Å². The predicted molar refractivity (Wildman–Crippen MR) is 62.9 cm³/mol. The number of nitrogens with zero attached hydrogens (tertiary/aromatic N) is 2. The van der Waals surface area contributed by atoms with Gasteiger partial charge in [0.2, 0.25) is 0 Å². The van der Waals surface area contributed by atoms with Crippen molar-refractivity contribution < 1.29 is 0 Å². The number of hydrogen-bond acceptors (Lipinski definition) is 2. The number of aromatic nitrogens is 3. The van der Waals surface area contributed by atoms with Gasteiger partial charge in [0.05, 0.1) is 0 Å². The Morgan fingerprint density at radius 1 is 1.12 bits per heavy atom. The molecule has 0 aliphatic carbocycles. The third-order valence-electron chi connectivity index (χ3n) is 2.60. The summed E-state index contributed by atoms with van der Waals surface area (Å²) in [5.74, 6) is 0. The van der Waals surface area contributed by atoms with Gasteiger partial charge in [0.1, 0.15) is 5.52 Å². The summed E-state index contributed by atoms with van der Waals surface area (Å²) < 4.78 is 0. The summed E-state index contributed by atoms with van der Waals surface area (Å²) in [7, 11) is 0. The van der Waals surface area contributed by atoms with Crippen LogP contribution >= 0.6 is 0 Å². The maximum absolute atomic E-state index is 4.29. The molecule has 1 aromatic carbocycles. The molecule has 1 radical (unpaired) electrons. The van der Waals surface area contributed by atoms with E-state index in [1.165, 1.54) is 5.56 Å². The number of H-pyrrole nitrogens is 1. The monoisotopic (exact) mass is 208 g/mol. The predicted octanol–water partition coefficient (Wildman–Crippen LogP) is 2.73. The zero-order valence-electron chi connectivity index (χ0n) is 8.86. The summed E-state index contributed by atoms with van der Waals surface area (Å²) in [5.41, 5.74) is 5.11. The van der Waals surface area contributed by atoms with Gasteiger partial charge in [-0.05, 0) is 18.6 Å². The lowest BCUT2D eigenvalue weighted by Gasteiger charge is -2.01. The average molecular weight is 208 g/mol. The first kappa shape index (κ1) is 9.09. The van der Waals surface area contributed by atoms with Gasteiger partial charge in [0, 0.05) is 11.8 Å². The third-order valence-corrected chi connectivity index (χ3v) is 2.60. The van der Waals surface area contributed by atoms with Crippen molar-refractivity contribution in [2.75, 3.05) is 0 Å². The first-order valence-corrected chi connectivity index (χ1v) is 5.12. The van der Waals surface area contributed by atoms with Crippen molar-refractivity contribution in [2.45, 2.75) is 6.92 Å². The Bertz CT molecular complexity index is 623. The molecule has 3 nitrogen and oxygen atoms in total. The van der Waals surface area contributed by atoms with Crippen molar-refractivity contribution in [3.05, 3.63) is 48.4 Å². The molecule has 1 N–H and O–H groups in total. The van der Waals surface area contributed by atoms with Gasteiger partial charge < -0.3 is 4.98 Å². The van der Waals surface area contributed by atoms with Crippen LogP contribution in [0.2, 0.25) is 0 Å². The van der Waals surface area contributed by atoms with Crippen molar-refractivity contribution in [3.8, 4) is 11.1 Å². The summed E-state index contributed by atoms with van der Waals surface area (Å²) in [4.78, 5) is 11.2. The Kier molecular flexibility index (Phi) is 1.96. The highest BCUT2D eigenvalue weighted by atomic mass is 14.9. The highest BCUT2D eigenvalue weighted by Crippen LogP contribution is 2.21. The molecule has 3 aromatic rings. The normalized spacial score (nSPS) is 10.8. The fourth-order valence-electron chi connectivity index (χ4n) is 1.68. The molecule has 3 heteroatoms. The molecule has 2 aromatic heterocycles. The third kappa shape index (κ3) is 1.46. The summed E-state index contributed by atoms with van der Waals surface area (Å²) in [6.07, 6.45) is 4.53. The van der Waals surface area contributed by atoms with E-state index in [1.54, 1.807) is 0 Å². The van der Waals surface area contributed by atoms with Crippen LogP contribution in [0.15, 0.2) is 36.5 Å². The van der Waals surface area contributed by atoms with Gasteiger partial charge in [-0.2, -0.15) is 0 Å². The smallest absolute Gasteiger partial charge is 0.175 e. The lowest BCUT2D eigenvalue weighted by Crippen LogP contribution is -1.82. The van der Waals surface area contributed by atoms with Crippen molar-refractivity contribution in [1.82, 2.24) is 15.0 Å². The fourth-order valence-corrected chi connectivity index (χ4v) is 1.68. The van der Waals surface area contributed by atoms with Crippen molar-refractivity contribution >= 4 is 11.2 Å². The standard InChI is InChI=1S/C13H10N3/c1-9-2-4-10(5-3-9)11-6-12-13(14-7-11)16-8-15-12/h2-7H,1H3,(H,14,15,16). The van der Waals surface area contributed by atoms with Gasteiger partial charge >= 0.3 is 0 Å². The summed E-state index contributed by atoms with van der Waals surface area (Å²) in [6.45, 7) is 2.08. The summed E-state index contributed by atoms with van der Waals surface area (Å²) in [5, 5.41) is 0. The summed E-state index contributed by atoms with van der Waals surface area (Å²) in [6, 6.07) is 10.4. The van der Waals surface area contributed by atoms with Crippen LogP contribution in [0.4, 0.5) is 0 Å². The van der Waals surface area contributed by atoms with Gasteiger partial charge in [-0.1, -0.05) is 29.8 Å². The molecule has 0 amide bonds. The van der Waals surface area contributed by atoms with Crippen LogP contribution in [0.3, 0.4) is 0 Å². The Hall–Kier alpha value is -2.16. The Morgan fingerprint density at radius 3 is 2.75 bits per heavy atom. The van der Waals surface area contributed by atoms with E-state index in [4.69, 9.17) is 0 Å². The van der Waals surface area contributed by atoms with Gasteiger partial charge in [0.25, 0.3) is 0 Å². The second kappa shape index (κ2) is 3.45. The lowest BCUT2D eigenvalue weighted by molar-refractivity contribution is 1.28. The molecule has 2 heterocycles. The molecule has 16 heavy (non-hydrogen) atoms. The second-order valence-electron chi connectivity index (χ2n) is 3.81. The first-order chi connectivity index (χ1) is 7.83. The van der Waals surface area contributed by atoms with Gasteiger partial charge in [-0.3, -0.25) is 0 Å². The molecule has 0 aliphatic heterocycles. The van der Waals surface area contributed by atoms with Crippen LogP contribution in [0.5, 0.6) is 0 Å². The maximum atomic E-state index is 4.29. The minimum atomic E-state index is 0.774. The molecular weight excluding hydrogens is 198 g/mol. The largest absolute Gasteiger partial charge is 0.320 e. The lowest BCUT2D eigenvalue weighted by atomic mass is 10.1. The second-order valence-corrected chi connectivity index (χ2v) is 3.81. The van der Waals surface area contributed by atoms with Crippen LogP contribution in [0.25, 0.3) is 22.3 Å². The minimum Gasteiger partial charge on any atom is -0.320 e. The molecule has 0 bridgehead atoms. The Balaban J connectivity index is 2.14. The van der Waals surface area contributed by atoms with Gasteiger partial charge in [0.15, 0.2) is 12.0 Å². The number of benzene rings is 1. The van der Waals surface area contributed by atoms with Crippen LogP contribution in [-0.2, 0) is 0 Å². The SMILES string of the molecule is Cc1ccc(-c2cnc3[nH][c]nc3c2)cc1. The molecule has 0 unspecified atom stereocenters. The fraction of sp³-hybridized carbons (Fsp3) is 0.0769. The first-order valence-electron chi connectivity index (χ1n) is 5.12. The molecule has 0 spiro atoms. The number of aryl methyl sites for hydroxylation is 1. The highest BCUT2D eigenvalue weighted by Gasteiger charge is 2.02. The van der Waals surface area contributed by atoms with Gasteiger partial charge in [-0.15, -0.1) is 0 Å². The zero-order chi connectivity index (χ0) is 11.0. The van der Waals surface area contributed by atoms with E-state index < -0.39 is 0 Å². The van der Waals surface area contributed by atoms with Crippen LogP contribution in [0.1, 0.15) is 5.56 Å². The summed E-state index contributed by atoms with van der Waals surface area (Å²) >= 11 is 0. The zero-order valence-corrected chi connectivity index (χ0v) is 8.86. The van der Waals surface area contributed by atoms with E-state index in [2.05, 4.69) is 52.5 Å². The van der Waals surface area contributed by atoms with Crippen molar-refractivity contribution in [2.24, 2.45) is 0 Å². The highest BCUT2D eigenvalue weighted by molar-refractivity contribution is 5.77. The van der Waals surface area contributed by atoms with Crippen LogP contribution in [0, 0.1) is 13.3 Å². The quantitative estimate of drug-likeness (QED) is 0.668. The van der Waals surface area contributed by atoms with E-state index in [1.807, 2.05) is 12.3 Å². The van der Waals surface area contributed by atoms with Crippen molar-refractivity contribution in [3.63, 3.8) is 0 Å². The number of pyridine rings is 1. The van der Waals surface area contributed by atoms with E-state index in [0.717, 1.165) is 22.3 Å². The number of rotatable bonds is 1. The van der Waals surface area contributed by atoms with Crippen LogP contribution < -0.4 is 0 Å². The van der Waals surface area contributed by atoms with E-state index in [9.17, 15) is 0 Å². The molecule has 0 fully saturated rings. The number of fused-ring (bicyclic) bond motifs is 1. The Labute approximate surface area is 93.2 Å². The number of aromatic amines is 1. The molecule has 0 saturated carbocycles. The number of nitrogens with one attached hydrogen (secondary N) is 1. The van der Waals surface area contributed by atoms with Gasteiger partial charge in [-0.25, -0.2) is 9.97 Å². The molecular formula is C13H10N3. The molecule has 0 aliphatic rings. The average Bonchev–Trinajstić information content (AvgIpc) is 2.77. The van der Waals surface area contributed by atoms with E-state index in [0.29, 0.717) is 0 Å². The number of imidazole rings is 1. The minimum absolute atomic E-state index is 0.774. The molecule has 77 valence electrons. The maximum Gasteiger partial charge on any atom is 0.175 e. The molecule has 3 rings (SSSR count). The topological polar surface area (TPSA) is 41.6 Å².